The summed E-state index contributed by atoms with van der Waals surface area (Å²) in [5.41, 5.74) is 1.58. The minimum absolute atomic E-state index is 0.136. The Kier molecular flexibility index (Phi) is 5.28. The van der Waals surface area contributed by atoms with Gasteiger partial charge in [-0.2, -0.15) is 13.2 Å². The number of ether oxygens (including phenoxy) is 2. The summed E-state index contributed by atoms with van der Waals surface area (Å²) in [6.45, 7) is 2.03. The number of rotatable bonds is 5. The molecule has 0 unspecified atom stereocenters. The molecule has 0 N–H and O–H groups in total. The Labute approximate surface area is 131 Å². The summed E-state index contributed by atoms with van der Waals surface area (Å²) in [7, 11) is 0. The number of carbonyl (C=O) groups is 2. The average Bonchev–Trinajstić information content (AvgIpc) is 2.46. The van der Waals surface area contributed by atoms with Gasteiger partial charge in [-0.05, 0) is 37.0 Å². The second-order valence-electron chi connectivity index (χ2n) is 5.33. The molecule has 0 spiro atoms. The van der Waals surface area contributed by atoms with Crippen molar-refractivity contribution in [3.05, 3.63) is 29.3 Å². The minimum Gasteiger partial charge on any atom is -0.490 e. The normalized spacial score (nSPS) is 17.1. The van der Waals surface area contributed by atoms with Gasteiger partial charge in [0.15, 0.2) is 0 Å². The molecule has 126 valence electrons. The lowest BCUT2D eigenvalue weighted by molar-refractivity contribution is -0.172. The first kappa shape index (κ1) is 17.3. The van der Waals surface area contributed by atoms with E-state index in [1.165, 1.54) is 0 Å². The van der Waals surface area contributed by atoms with E-state index in [1.807, 2.05) is 0 Å². The zero-order valence-corrected chi connectivity index (χ0v) is 12.6. The van der Waals surface area contributed by atoms with Gasteiger partial charge in [0.1, 0.15) is 11.9 Å². The lowest BCUT2D eigenvalue weighted by atomic mass is 9.97. The molecule has 0 fully saturated rings. The number of esters is 1. The van der Waals surface area contributed by atoms with Crippen molar-refractivity contribution in [3.8, 4) is 5.75 Å². The van der Waals surface area contributed by atoms with Crippen LogP contribution in [0.3, 0.4) is 0 Å². The third-order valence-electron chi connectivity index (χ3n) is 3.54. The van der Waals surface area contributed by atoms with Crippen LogP contribution in [0.15, 0.2) is 18.2 Å². The maximum Gasteiger partial charge on any atom is 0.450 e. The lowest BCUT2D eigenvalue weighted by Gasteiger charge is -2.26. The number of alkyl halides is 3. The molecule has 0 saturated carbocycles. The van der Waals surface area contributed by atoms with Crippen LogP contribution in [0, 0.1) is 0 Å². The highest BCUT2D eigenvalue weighted by atomic mass is 19.4. The number of aryl methyl sites for hydroxylation is 1. The quantitative estimate of drug-likeness (QED) is 0.779. The van der Waals surface area contributed by atoms with Crippen molar-refractivity contribution in [1.29, 1.82) is 0 Å². The van der Waals surface area contributed by atoms with Crippen LogP contribution < -0.4 is 4.74 Å². The topological polar surface area (TPSA) is 52.6 Å². The Hall–Kier alpha value is -2.05. The Morgan fingerprint density at radius 3 is 2.74 bits per heavy atom. The van der Waals surface area contributed by atoms with Crippen molar-refractivity contribution >= 4 is 11.8 Å². The number of Topliss-reactive ketones (excluding diaryl/α,β-unsaturated/α-hetero) is 1. The van der Waals surface area contributed by atoms with Crippen LogP contribution in [0.5, 0.6) is 5.75 Å². The number of hydrogen-bond acceptors (Lipinski definition) is 4. The average molecular weight is 330 g/mol. The molecule has 1 atom stereocenters. The van der Waals surface area contributed by atoms with E-state index in [1.54, 1.807) is 25.1 Å². The van der Waals surface area contributed by atoms with Gasteiger partial charge in [0.05, 0.1) is 19.4 Å². The fraction of sp³-hybridized carbons (Fsp3) is 0.500. The van der Waals surface area contributed by atoms with Gasteiger partial charge in [0.25, 0.3) is 0 Å². The van der Waals surface area contributed by atoms with Crippen LogP contribution in [0.1, 0.15) is 30.9 Å². The first-order chi connectivity index (χ1) is 10.8. The molecule has 23 heavy (non-hydrogen) atoms. The van der Waals surface area contributed by atoms with Crippen LogP contribution >= 0.6 is 0 Å². The molecule has 1 aromatic rings. The zero-order valence-electron chi connectivity index (χ0n) is 12.6. The highest BCUT2D eigenvalue weighted by Crippen LogP contribution is 2.31. The van der Waals surface area contributed by atoms with Gasteiger partial charge in [-0.1, -0.05) is 12.1 Å². The van der Waals surface area contributed by atoms with Gasteiger partial charge in [0, 0.05) is 0 Å². The molecule has 0 bridgehead atoms. The second-order valence-corrected chi connectivity index (χ2v) is 5.33. The Balaban J connectivity index is 2.00. The third-order valence-corrected chi connectivity index (χ3v) is 3.54. The summed E-state index contributed by atoms with van der Waals surface area (Å²) < 4.78 is 47.2. The summed E-state index contributed by atoms with van der Waals surface area (Å²) in [6, 6.07) is 5.08. The van der Waals surface area contributed by atoms with Gasteiger partial charge >= 0.3 is 12.1 Å². The molecule has 0 amide bonds. The lowest BCUT2D eigenvalue weighted by Crippen LogP contribution is -2.32. The third kappa shape index (κ3) is 4.71. The Bertz CT molecular complexity index is 595. The van der Waals surface area contributed by atoms with Gasteiger partial charge in [0.2, 0.25) is 5.78 Å². The summed E-state index contributed by atoms with van der Waals surface area (Å²) in [4.78, 5) is 22.5. The molecule has 0 saturated heterocycles. The fourth-order valence-corrected chi connectivity index (χ4v) is 2.45. The number of fused-ring (bicyclic) bond motifs is 1. The first-order valence-corrected chi connectivity index (χ1v) is 7.33. The van der Waals surface area contributed by atoms with E-state index < -0.39 is 24.5 Å². The van der Waals surface area contributed by atoms with E-state index in [4.69, 9.17) is 9.47 Å². The van der Waals surface area contributed by atoms with Crippen molar-refractivity contribution in [2.75, 3.05) is 6.61 Å². The second kappa shape index (κ2) is 7.02. The van der Waals surface area contributed by atoms with Crippen LogP contribution in [-0.4, -0.2) is 30.6 Å². The van der Waals surface area contributed by atoms with E-state index in [0.717, 1.165) is 11.1 Å². The predicted octanol–water partition coefficient (Wildman–Crippen LogP) is 3.01. The molecule has 1 aliphatic rings. The SMILES string of the molecule is CCOC(=O)Cc1ccc2c(c1)CC[C@H](CC(=O)C(F)(F)F)O2. The number of carbonyl (C=O) groups excluding carboxylic acids is 2. The molecule has 1 aliphatic heterocycles. The van der Waals surface area contributed by atoms with E-state index in [9.17, 15) is 22.8 Å². The van der Waals surface area contributed by atoms with Crippen LogP contribution in [0.4, 0.5) is 13.2 Å². The summed E-state index contributed by atoms with van der Waals surface area (Å²) in [5, 5.41) is 0. The largest absolute Gasteiger partial charge is 0.490 e. The maximum atomic E-state index is 12.3. The highest BCUT2D eigenvalue weighted by molar-refractivity contribution is 5.84. The van der Waals surface area contributed by atoms with Gasteiger partial charge in [-0.15, -0.1) is 0 Å². The van der Waals surface area contributed by atoms with Crippen molar-refractivity contribution in [2.45, 2.75) is 44.9 Å². The van der Waals surface area contributed by atoms with Gasteiger partial charge in [-0.25, -0.2) is 0 Å². The first-order valence-electron chi connectivity index (χ1n) is 7.33. The van der Waals surface area contributed by atoms with Crippen LogP contribution in [-0.2, 0) is 27.2 Å². The zero-order chi connectivity index (χ0) is 17.0. The number of benzene rings is 1. The summed E-state index contributed by atoms with van der Waals surface area (Å²) in [6.07, 6.45) is -5.30. The maximum absolute atomic E-state index is 12.3. The molecule has 4 nitrogen and oxygen atoms in total. The Morgan fingerprint density at radius 1 is 1.35 bits per heavy atom. The van der Waals surface area contributed by atoms with Crippen LogP contribution in [0.25, 0.3) is 0 Å². The van der Waals surface area contributed by atoms with Gasteiger partial charge in [-0.3, -0.25) is 9.59 Å². The minimum atomic E-state index is -4.83. The standard InChI is InChI=1S/C16H17F3O4/c1-2-22-15(21)8-10-3-6-13-11(7-10)4-5-12(23-13)9-14(20)16(17,18)19/h3,6-7,12H,2,4-5,8-9H2,1H3/t12-/m1/s1. The molecule has 1 aromatic carbocycles. The summed E-state index contributed by atoms with van der Waals surface area (Å²) >= 11 is 0. The van der Waals surface area contributed by atoms with Gasteiger partial charge < -0.3 is 9.47 Å². The molecule has 0 aliphatic carbocycles. The molecular formula is C16H17F3O4. The molecule has 0 radical (unpaired) electrons. The monoisotopic (exact) mass is 330 g/mol. The van der Waals surface area contributed by atoms with Crippen molar-refractivity contribution in [2.24, 2.45) is 0 Å². The predicted molar refractivity (Wildman–Crippen MR) is 75.2 cm³/mol. The van der Waals surface area contributed by atoms with Crippen LogP contribution in [0.2, 0.25) is 0 Å². The smallest absolute Gasteiger partial charge is 0.450 e. The van der Waals surface area contributed by atoms with Crippen molar-refractivity contribution < 1.29 is 32.2 Å². The Morgan fingerprint density at radius 2 is 2.09 bits per heavy atom. The molecule has 2 rings (SSSR count). The van der Waals surface area contributed by atoms with E-state index in [-0.39, 0.29) is 12.4 Å². The molecule has 0 aromatic heterocycles. The number of ketones is 1. The van der Waals surface area contributed by atoms with Crippen molar-refractivity contribution in [3.63, 3.8) is 0 Å². The number of hydrogen-bond donors (Lipinski definition) is 0. The number of halogens is 3. The van der Waals surface area contributed by atoms with E-state index in [0.29, 0.717) is 25.2 Å². The van der Waals surface area contributed by atoms with E-state index >= 15 is 0 Å². The fourth-order valence-electron chi connectivity index (χ4n) is 2.45. The highest BCUT2D eigenvalue weighted by Gasteiger charge is 2.40. The van der Waals surface area contributed by atoms with E-state index in [2.05, 4.69) is 0 Å². The molecular weight excluding hydrogens is 313 g/mol. The van der Waals surface area contributed by atoms with Crippen molar-refractivity contribution in [1.82, 2.24) is 0 Å². The summed E-state index contributed by atoms with van der Waals surface area (Å²) in [5.74, 6) is -1.65. The molecule has 1 heterocycles. The molecule has 7 heteroatoms.